The number of likely N-dealkylation sites (tertiary alicyclic amines) is 1. The number of cyclic esters (lactones) is 2. The van der Waals surface area contributed by atoms with Crippen LogP contribution >= 0.6 is 0 Å². The molecule has 0 spiro atoms. The highest BCUT2D eigenvalue weighted by Crippen LogP contribution is 2.43. The van der Waals surface area contributed by atoms with Crippen LogP contribution in [0.3, 0.4) is 0 Å². The zero-order valence-electron chi connectivity index (χ0n) is 73.8. The smallest absolute Gasteiger partial charge is 0.320 e. The molecule has 9 N–H and O–H groups in total. The summed E-state index contributed by atoms with van der Waals surface area (Å²) in [4.78, 5) is 190. The molecular weight excluding hydrogens is 1580 g/mol. The number of methoxy groups -OCH3 is 6. The lowest BCUT2D eigenvalue weighted by Crippen LogP contribution is -2.50. The molecule has 3 fully saturated rings. The van der Waals surface area contributed by atoms with E-state index < -0.39 is 199 Å². The number of rotatable bonds is 50. The van der Waals surface area contributed by atoms with Crippen molar-refractivity contribution in [2.75, 3.05) is 133 Å². The fraction of sp³-hybridized carbons (Fsp3) is 0.701. The number of aliphatic hydroxyl groups is 2. The van der Waals surface area contributed by atoms with Crippen molar-refractivity contribution in [2.45, 2.75) is 203 Å². The van der Waals surface area contributed by atoms with Gasteiger partial charge in [0.1, 0.15) is 18.2 Å². The molecule has 5 rings (SSSR count). The van der Waals surface area contributed by atoms with Crippen molar-refractivity contribution in [1.29, 1.82) is 0 Å². The number of amides is 4. The van der Waals surface area contributed by atoms with Crippen LogP contribution in [0, 0.1) is 71.0 Å². The largest absolute Gasteiger partial charge is 0.481 e. The van der Waals surface area contributed by atoms with Crippen molar-refractivity contribution < 1.29 is 135 Å². The number of nitrogens with two attached hydrogens (primary N) is 1. The van der Waals surface area contributed by atoms with E-state index >= 15 is 0 Å². The van der Waals surface area contributed by atoms with E-state index in [1.165, 1.54) is 55.1 Å². The summed E-state index contributed by atoms with van der Waals surface area (Å²) < 4.78 is 49.6. The number of hydrogen-bond acceptors (Lipinski definition) is 28. The minimum atomic E-state index is -1.90. The number of esters is 4. The van der Waals surface area contributed by atoms with Crippen molar-refractivity contribution in [3.8, 4) is 0 Å². The first-order valence-electron chi connectivity index (χ1n) is 41.4. The molecule has 34 nitrogen and oxygen atoms in total. The Labute approximate surface area is 714 Å². The fourth-order valence-electron chi connectivity index (χ4n) is 14.9. The van der Waals surface area contributed by atoms with Gasteiger partial charge in [-0.1, -0.05) is 75.2 Å². The minimum Gasteiger partial charge on any atom is -0.481 e. The number of carbonyl (C=O) groups excluding carboxylic acids is 11. The first-order valence-corrected chi connectivity index (χ1v) is 41.4. The zero-order chi connectivity index (χ0) is 91.2. The maximum absolute atomic E-state index is 14.8. The van der Waals surface area contributed by atoms with Gasteiger partial charge in [-0.25, -0.2) is 0 Å². The van der Waals surface area contributed by atoms with Crippen molar-refractivity contribution in [2.24, 2.45) is 76.7 Å². The highest BCUT2D eigenvalue weighted by atomic mass is 16.6. The molecule has 0 aromatic heterocycles. The van der Waals surface area contributed by atoms with Crippen LogP contribution in [0.4, 0.5) is 11.4 Å². The van der Waals surface area contributed by atoms with Gasteiger partial charge < -0.3 is 94.3 Å². The highest BCUT2D eigenvalue weighted by Gasteiger charge is 2.57. The highest BCUT2D eigenvalue weighted by molar-refractivity contribution is 6.09. The van der Waals surface area contributed by atoms with E-state index in [4.69, 9.17) is 53.8 Å². The number of nitrogens with one attached hydrogen (secondary N) is 2. The van der Waals surface area contributed by atoms with Crippen molar-refractivity contribution in [3.63, 3.8) is 0 Å². The lowest BCUT2D eigenvalue weighted by Gasteiger charge is -2.37. The number of hydrogen-bond donors (Lipinski definition) is 8. The second kappa shape index (κ2) is 59.9. The average Bonchev–Trinajstić information content (AvgIpc) is 1.62. The Morgan fingerprint density at radius 1 is 0.529 bits per heavy atom. The molecule has 18 atom stereocenters. The van der Waals surface area contributed by atoms with E-state index in [0.29, 0.717) is 56.1 Å². The third-order valence-electron chi connectivity index (χ3n) is 21.7. The number of aliphatic hydroxyl groups excluding tert-OH is 2. The number of unbranched alkanes of at least 4 members (excludes halogenated alkanes) is 3. The van der Waals surface area contributed by atoms with E-state index in [1.54, 1.807) is 45.0 Å². The maximum atomic E-state index is 14.8. The topological polar surface area (TPSA) is 483 Å². The van der Waals surface area contributed by atoms with E-state index in [9.17, 15) is 82.4 Å². The van der Waals surface area contributed by atoms with Crippen molar-refractivity contribution in [3.05, 3.63) is 59.7 Å². The number of carbonyl (C=O) groups is 14. The molecule has 688 valence electrons. The van der Waals surface area contributed by atoms with Gasteiger partial charge in [0.05, 0.1) is 121 Å². The van der Waals surface area contributed by atoms with Gasteiger partial charge in [-0.15, -0.1) is 0 Å². The number of nitrogens with zero attached hydrogens (tertiary/aromatic N) is 3. The van der Waals surface area contributed by atoms with Crippen LogP contribution in [0.1, 0.15) is 187 Å². The van der Waals surface area contributed by atoms with Gasteiger partial charge in [0.15, 0.2) is 5.78 Å². The van der Waals surface area contributed by atoms with Crippen molar-refractivity contribution >= 4 is 94.1 Å². The van der Waals surface area contributed by atoms with Crippen molar-refractivity contribution in [1.82, 2.24) is 15.5 Å². The summed E-state index contributed by atoms with van der Waals surface area (Å²) in [5.74, 6) is -27.5. The number of ether oxygens (including phenoxy) is 9. The molecular formula is C87H142N6O28. The fourth-order valence-corrected chi connectivity index (χ4v) is 14.9. The Bertz CT molecular complexity index is 3500. The predicted octanol–water partition coefficient (Wildman–Crippen LogP) is 7.53. The SMILES string of the molecule is C.CCC(OC)C1C(=O)OC(=O)C1C.CCCCN.CCCCNC(=O)C(C(CC1C(=O)N(CCCC)C(=O)C1C(CC(C(=O)O)C(C(=O)OCCNC(=O)c1ccc(N(C)C)cc1)C(CC)OC)OC)OC)C(CC(OC)C(C(=O)OCC)C(CC(OC)C1C(=O)CC(=O)C1C)C(=O)O)C(=O)O.CCO.CN(C)c1ccc(C(=O)CCCO)cc1. The molecule has 121 heavy (non-hydrogen) atoms. The summed E-state index contributed by atoms with van der Waals surface area (Å²) in [5, 5.41) is 54.6. The van der Waals surface area contributed by atoms with Gasteiger partial charge in [-0.05, 0) is 133 Å². The molecule has 34 heteroatoms. The molecule has 1 aliphatic carbocycles. The summed E-state index contributed by atoms with van der Waals surface area (Å²) in [6.45, 7) is 16.1. The van der Waals surface area contributed by atoms with Gasteiger partial charge in [-0.2, -0.15) is 0 Å². The zero-order valence-corrected chi connectivity index (χ0v) is 73.8. The van der Waals surface area contributed by atoms with Crippen LogP contribution in [0.2, 0.25) is 0 Å². The molecule has 0 radical (unpaired) electrons. The molecule has 2 saturated heterocycles. The van der Waals surface area contributed by atoms with Gasteiger partial charge in [-0.3, -0.25) is 72.0 Å². The Morgan fingerprint density at radius 2 is 1.01 bits per heavy atom. The Morgan fingerprint density at radius 3 is 1.40 bits per heavy atom. The Hall–Kier alpha value is -8.74. The lowest BCUT2D eigenvalue weighted by molar-refractivity contribution is -0.169. The summed E-state index contributed by atoms with van der Waals surface area (Å²) in [6, 6.07) is 14.3. The quantitative estimate of drug-likeness (QED) is 0.00792. The minimum absolute atomic E-state index is 0. The third kappa shape index (κ3) is 34.5. The second-order valence-electron chi connectivity index (χ2n) is 30.0. The summed E-state index contributed by atoms with van der Waals surface area (Å²) in [5.41, 5.74) is 8.14. The van der Waals surface area contributed by atoms with Crippen LogP contribution in [0.5, 0.6) is 0 Å². The van der Waals surface area contributed by atoms with E-state index in [-0.39, 0.29) is 83.5 Å². The van der Waals surface area contributed by atoms with E-state index in [2.05, 4.69) is 22.3 Å². The standard InChI is InChI=1S/C59H90N4O21.C12H17NO2.C9H14O4.C4H11N.C2H6O.CH4/c1-13-17-23-60-52(67)47(36(55(70)71)28-45(82-12)50(58(76)83-16-4)38(57(74)75)29-42(79-9)46-32(5)39(64)31-40(46)65)43(80-10)27-35-48(54(69)63(53(35)68)25-18-14-2)44(81-11)30-37(56(72)73)49(41(15-3)78-8)59(77)84-26-24-61-51(66)33-19-21-34(22-20-33)62(6)7;1-13(2)11-7-5-10(6-8-11)12(15)4-3-9-14;1-4-6(12-3)7-5(2)8(10)13-9(7)11;1-2-3-4-5;1-2-3;/h19-22,32,35-38,41-50H,13-18,23-31H2,1-12H3,(H,60,67)(H,61,66)(H,70,71)(H,72,73)(H,74,75);5-8,14H,3-4,9H2,1-2H3;5-7H,4H2,1-3H3;2-5H2,1H3;3H,2H2,1H3;1H4. The molecule has 2 aromatic carbocycles. The summed E-state index contributed by atoms with van der Waals surface area (Å²) in [7, 11) is 15.1. The summed E-state index contributed by atoms with van der Waals surface area (Å²) in [6.07, 6.45) is -3.85. The number of carboxylic acids is 3. The average molecular weight is 1720 g/mol. The molecule has 4 amide bonds. The van der Waals surface area contributed by atoms with E-state index in [0.717, 1.165) is 37.0 Å². The lowest BCUT2D eigenvalue weighted by atomic mass is 9.73. The Balaban J connectivity index is 0.00000317. The first kappa shape index (κ1) is 112. The maximum Gasteiger partial charge on any atom is 0.320 e. The molecule has 2 aromatic rings. The first-order chi connectivity index (χ1) is 57.0. The second-order valence-corrected chi connectivity index (χ2v) is 30.0. The number of ketones is 3. The van der Waals surface area contributed by atoms with Gasteiger partial charge in [0.25, 0.3) is 5.91 Å². The normalized spacial score (nSPS) is 19.6. The van der Waals surface area contributed by atoms with Crippen LogP contribution in [-0.2, 0) is 100 Å². The molecule has 3 aliphatic rings. The number of imide groups is 1. The van der Waals surface area contributed by atoms with Crippen LogP contribution in [-0.4, -0.2) is 273 Å². The van der Waals surface area contributed by atoms with E-state index in [1.807, 2.05) is 83.0 Å². The Kier molecular flexibility index (Phi) is 55.6. The third-order valence-corrected chi connectivity index (χ3v) is 21.7. The monoisotopic (exact) mass is 1720 g/mol. The molecule has 2 aliphatic heterocycles. The van der Waals surface area contributed by atoms with Gasteiger partial charge in [0.2, 0.25) is 17.7 Å². The van der Waals surface area contributed by atoms with Crippen LogP contribution < -0.4 is 26.2 Å². The van der Waals surface area contributed by atoms with Crippen LogP contribution in [0.15, 0.2) is 48.5 Å². The molecule has 18 unspecified atom stereocenters. The van der Waals surface area contributed by atoms with Gasteiger partial charge >= 0.3 is 41.8 Å². The molecule has 1 saturated carbocycles. The number of aliphatic carboxylic acids is 3. The summed E-state index contributed by atoms with van der Waals surface area (Å²) >= 11 is 0. The molecule has 2 heterocycles. The number of carboxylic acid groups (broad SMARTS) is 3. The number of benzene rings is 2. The number of anilines is 2. The predicted molar refractivity (Wildman–Crippen MR) is 451 cm³/mol. The molecule has 0 bridgehead atoms. The van der Waals surface area contributed by atoms with Crippen LogP contribution in [0.25, 0.3) is 0 Å². The van der Waals surface area contributed by atoms with Gasteiger partial charge in [0, 0.05) is 132 Å². The number of Topliss-reactive ketones (excluding diaryl/α,β-unsaturated/α-hetero) is 3.